The van der Waals surface area contributed by atoms with Crippen molar-refractivity contribution in [2.24, 2.45) is 5.92 Å². The van der Waals surface area contributed by atoms with E-state index >= 15 is 4.39 Å². The van der Waals surface area contributed by atoms with E-state index in [1.165, 1.54) is 17.4 Å². The first kappa shape index (κ1) is 34.5. The molecule has 2 aromatic carbocycles. The number of ether oxygens (including phenoxy) is 3. The predicted molar refractivity (Wildman–Crippen MR) is 204 cm³/mol. The number of hydrogen-bond donors (Lipinski definition) is 1. The Morgan fingerprint density at radius 1 is 1.11 bits per heavy atom. The first-order chi connectivity index (χ1) is 26.3. The monoisotopic (exact) mass is 745 g/mol. The van der Waals surface area contributed by atoms with Gasteiger partial charge < -0.3 is 24.4 Å². The Kier molecular flexibility index (Phi) is 9.08. The first-order valence-corrected chi connectivity index (χ1v) is 19.4. The van der Waals surface area contributed by atoms with Crippen LogP contribution >= 0.6 is 11.3 Å². The largest absolute Gasteiger partial charge is 0.484 e. The summed E-state index contributed by atoms with van der Waals surface area (Å²) >= 11 is 1.20. The Hall–Kier alpha value is -5.23. The maximum atomic E-state index is 15.1. The number of piperazine rings is 1. The summed E-state index contributed by atoms with van der Waals surface area (Å²) in [6.45, 7) is 9.57. The van der Waals surface area contributed by atoms with Crippen LogP contribution in [0.2, 0.25) is 0 Å². The topological polar surface area (TPSA) is 136 Å². The van der Waals surface area contributed by atoms with Crippen LogP contribution in [-0.2, 0) is 11.3 Å². The van der Waals surface area contributed by atoms with Gasteiger partial charge in [-0.15, -0.1) is 16.4 Å². The number of benzene rings is 2. The second-order valence-corrected chi connectivity index (χ2v) is 15.6. The predicted octanol–water partition coefficient (Wildman–Crippen LogP) is 7.08. The van der Waals surface area contributed by atoms with Gasteiger partial charge >= 0.3 is 6.01 Å². The Morgan fingerprint density at radius 2 is 1.94 bits per heavy atom. The summed E-state index contributed by atoms with van der Waals surface area (Å²) in [5, 5.41) is 25.3. The highest BCUT2D eigenvalue weighted by Gasteiger charge is 2.40. The zero-order valence-corrected chi connectivity index (χ0v) is 31.1. The zero-order valence-electron chi connectivity index (χ0n) is 30.3. The molecule has 3 unspecified atom stereocenters. The van der Waals surface area contributed by atoms with Gasteiger partial charge in [-0.3, -0.25) is 4.98 Å². The minimum atomic E-state index is -0.392. The lowest BCUT2D eigenvalue weighted by Gasteiger charge is -2.30. The third-order valence-corrected chi connectivity index (χ3v) is 12.0. The third-order valence-electron chi connectivity index (χ3n) is 11.0. The lowest BCUT2D eigenvalue weighted by atomic mass is 10.0. The van der Waals surface area contributed by atoms with E-state index < -0.39 is 5.82 Å². The van der Waals surface area contributed by atoms with Crippen LogP contribution in [0.1, 0.15) is 57.2 Å². The quantitative estimate of drug-likeness (QED) is 0.154. The van der Waals surface area contributed by atoms with Crippen molar-refractivity contribution in [3.8, 4) is 40.3 Å². The van der Waals surface area contributed by atoms with Crippen LogP contribution in [0.4, 0.5) is 10.2 Å². The van der Waals surface area contributed by atoms with E-state index in [0.29, 0.717) is 63.3 Å². The molecule has 0 amide bonds. The molecule has 3 aliphatic heterocycles. The number of pyridine rings is 1. The SMILES string of the molecule is CC(C)C(C)n1cc(-c2ccc(COc3c(-c4ccc(F)c5scc(C#N)c45)ncc4c(N5CC6CC5CN6)nc(OC5CCOCC5)nc34)cc2)nn1. The first-order valence-electron chi connectivity index (χ1n) is 18.5. The Labute approximate surface area is 315 Å². The number of fused-ring (bicyclic) bond motifs is 4. The van der Waals surface area contributed by atoms with Gasteiger partial charge in [-0.25, -0.2) is 9.07 Å². The van der Waals surface area contributed by atoms with Crippen LogP contribution < -0.4 is 19.7 Å². The van der Waals surface area contributed by atoms with E-state index in [9.17, 15) is 5.26 Å². The fraction of sp³-hybridized carbons (Fsp3) is 0.400. The number of rotatable bonds is 10. The van der Waals surface area contributed by atoms with E-state index in [-0.39, 0.29) is 30.8 Å². The summed E-state index contributed by atoms with van der Waals surface area (Å²) in [5.74, 6) is 1.20. The van der Waals surface area contributed by atoms with Crippen molar-refractivity contribution in [3.05, 3.63) is 71.1 Å². The molecule has 7 heterocycles. The van der Waals surface area contributed by atoms with Crippen molar-refractivity contribution in [3.63, 3.8) is 0 Å². The maximum absolute atomic E-state index is 15.1. The second-order valence-electron chi connectivity index (χ2n) is 14.7. The number of nitriles is 1. The Morgan fingerprint density at radius 3 is 2.69 bits per heavy atom. The average molecular weight is 746 g/mol. The molecule has 0 radical (unpaired) electrons. The molecule has 2 bridgehead atoms. The average Bonchev–Trinajstić information content (AvgIpc) is 4.03. The van der Waals surface area contributed by atoms with Gasteiger partial charge in [-0.2, -0.15) is 15.2 Å². The maximum Gasteiger partial charge on any atom is 0.319 e. The second kappa shape index (κ2) is 14.2. The molecule has 12 nitrogen and oxygen atoms in total. The summed E-state index contributed by atoms with van der Waals surface area (Å²) in [6, 6.07) is 14.5. The molecule has 9 rings (SSSR count). The molecular formula is C40H40FN9O3S. The molecule has 0 spiro atoms. The van der Waals surface area contributed by atoms with Gasteiger partial charge in [0.15, 0.2) is 5.75 Å². The van der Waals surface area contributed by atoms with Crippen LogP contribution in [0.3, 0.4) is 0 Å². The molecule has 3 aliphatic rings. The van der Waals surface area contributed by atoms with E-state index in [0.717, 1.165) is 60.4 Å². The van der Waals surface area contributed by atoms with Crippen LogP contribution in [0, 0.1) is 23.1 Å². The molecule has 3 fully saturated rings. The zero-order chi connectivity index (χ0) is 36.9. The normalized spacial score (nSPS) is 19.2. The Balaban J connectivity index is 1.15. The third kappa shape index (κ3) is 6.29. The van der Waals surface area contributed by atoms with Gasteiger partial charge in [0.25, 0.3) is 0 Å². The lowest BCUT2D eigenvalue weighted by Crippen LogP contribution is -2.44. The molecule has 0 saturated carbocycles. The molecule has 0 aliphatic carbocycles. The molecule has 54 heavy (non-hydrogen) atoms. The summed E-state index contributed by atoms with van der Waals surface area (Å²) in [7, 11) is 0. The van der Waals surface area contributed by atoms with Crippen molar-refractivity contribution < 1.29 is 18.6 Å². The number of hydrogen-bond acceptors (Lipinski definition) is 12. The molecular weight excluding hydrogens is 706 g/mol. The minimum absolute atomic E-state index is 0.0826. The van der Waals surface area contributed by atoms with Gasteiger partial charge in [0.05, 0.1) is 41.1 Å². The minimum Gasteiger partial charge on any atom is -0.484 e. The van der Waals surface area contributed by atoms with Crippen molar-refractivity contribution in [2.45, 2.75) is 70.9 Å². The van der Waals surface area contributed by atoms with E-state index in [4.69, 9.17) is 29.2 Å². The summed E-state index contributed by atoms with van der Waals surface area (Å²) in [4.78, 5) is 17.4. The number of nitrogens with one attached hydrogen (secondary N) is 1. The Bertz CT molecular complexity index is 2380. The van der Waals surface area contributed by atoms with E-state index in [2.05, 4.69) is 47.4 Å². The van der Waals surface area contributed by atoms with Crippen LogP contribution in [0.25, 0.3) is 43.5 Å². The molecule has 1 N–H and O–H groups in total. The van der Waals surface area contributed by atoms with Crippen LogP contribution in [0.15, 0.2) is 54.2 Å². The number of halogens is 1. The van der Waals surface area contributed by atoms with Crippen molar-refractivity contribution >= 4 is 38.1 Å². The molecule has 3 saturated heterocycles. The van der Waals surface area contributed by atoms with Crippen LogP contribution in [-0.4, -0.2) is 74.4 Å². The summed E-state index contributed by atoms with van der Waals surface area (Å²) in [5.41, 5.74) is 4.63. The number of aromatic nitrogens is 6. The van der Waals surface area contributed by atoms with Crippen molar-refractivity contribution in [1.82, 2.24) is 35.3 Å². The molecule has 6 aromatic rings. The van der Waals surface area contributed by atoms with E-state index in [1.54, 1.807) is 17.6 Å². The molecule has 4 aromatic heterocycles. The van der Waals surface area contributed by atoms with E-state index in [1.807, 2.05) is 35.1 Å². The highest BCUT2D eigenvalue weighted by molar-refractivity contribution is 7.17. The number of anilines is 1. The van der Waals surface area contributed by atoms with Crippen LogP contribution in [0.5, 0.6) is 11.8 Å². The highest BCUT2D eigenvalue weighted by atomic mass is 32.1. The van der Waals surface area contributed by atoms with Gasteiger partial charge in [0.2, 0.25) is 0 Å². The summed E-state index contributed by atoms with van der Waals surface area (Å²) in [6.07, 6.45) is 6.19. The lowest BCUT2D eigenvalue weighted by molar-refractivity contribution is 0.0219. The van der Waals surface area contributed by atoms with Gasteiger partial charge in [0.1, 0.15) is 47.3 Å². The van der Waals surface area contributed by atoms with Gasteiger partial charge in [0, 0.05) is 66.1 Å². The summed E-state index contributed by atoms with van der Waals surface area (Å²) < 4.78 is 36.3. The molecule has 14 heteroatoms. The van der Waals surface area contributed by atoms with Gasteiger partial charge in [-0.05, 0) is 37.0 Å². The number of nitrogens with zero attached hydrogens (tertiary/aromatic N) is 8. The highest BCUT2D eigenvalue weighted by Crippen LogP contribution is 2.44. The smallest absolute Gasteiger partial charge is 0.319 e. The van der Waals surface area contributed by atoms with Crippen molar-refractivity contribution in [1.29, 1.82) is 5.26 Å². The van der Waals surface area contributed by atoms with Crippen molar-refractivity contribution in [2.75, 3.05) is 31.2 Å². The van der Waals surface area contributed by atoms with Gasteiger partial charge in [-0.1, -0.05) is 43.3 Å². The molecule has 276 valence electrons. The fourth-order valence-corrected chi connectivity index (χ4v) is 8.55. The standard InChI is InChI=1S/C40H40FN9O3S/c1-22(2)23(3)50-19-33(47-48-50)25-6-4-24(5-7-25)20-52-37-35(30-8-9-32(41)38-34(30)26(15-42)21-54-38)44-17-31-36(37)45-40(53-29-10-12-51-13-11-29)46-39(31)49-18-27-14-28(49)16-43-27/h4-9,17,19,21-23,27-29,43H,10-14,16,18,20H2,1-3H3. The number of thiophene rings is 1. The molecule has 3 atom stereocenters. The fourth-order valence-electron chi connectivity index (χ4n) is 7.63.